The fourth-order valence-electron chi connectivity index (χ4n) is 3.16. The van der Waals surface area contributed by atoms with E-state index in [2.05, 4.69) is 39.6 Å². The number of hydrogen-bond acceptors (Lipinski definition) is 9. The minimum atomic E-state index is -0.341. The summed E-state index contributed by atoms with van der Waals surface area (Å²) in [6.07, 6.45) is 0.766. The van der Waals surface area contributed by atoms with Gasteiger partial charge in [-0.15, -0.1) is 21.5 Å². The number of thioether (sulfide) groups is 1. The van der Waals surface area contributed by atoms with Gasteiger partial charge in [0.05, 0.1) is 24.5 Å². The summed E-state index contributed by atoms with van der Waals surface area (Å²) in [6.45, 7) is 8.77. The Hall–Kier alpha value is -2.92. The van der Waals surface area contributed by atoms with Gasteiger partial charge in [0.15, 0.2) is 22.2 Å². The smallest absolute Gasteiger partial charge is 0.311 e. The number of aryl methyl sites for hydroxylation is 1. The second kappa shape index (κ2) is 12.5. The number of nitrogens with one attached hydrogen (secondary N) is 1. The standard InChI is InChI=1S/C23H29N5O4S2/c1-5-16-8-10-18(11-9-16)32-15(4)21-26-27-23(28(21)6-2)34-14-19(29)25-22-24-17(13-33-22)12-20(30)31-7-3/h8-11,13,15H,5-7,12,14H2,1-4H3,(H,24,25,29). The minimum Gasteiger partial charge on any atom is -0.483 e. The summed E-state index contributed by atoms with van der Waals surface area (Å²) in [6, 6.07) is 8.01. The predicted octanol–water partition coefficient (Wildman–Crippen LogP) is 4.29. The van der Waals surface area contributed by atoms with E-state index >= 15 is 0 Å². The molecule has 0 aliphatic carbocycles. The van der Waals surface area contributed by atoms with Crippen LogP contribution >= 0.6 is 23.1 Å². The quantitative estimate of drug-likeness (QED) is 0.288. The fraction of sp³-hybridized carbons (Fsp3) is 0.435. The normalized spacial score (nSPS) is 11.8. The maximum atomic E-state index is 12.4. The number of hydrogen-bond donors (Lipinski definition) is 1. The van der Waals surface area contributed by atoms with Crippen molar-refractivity contribution in [1.82, 2.24) is 19.7 Å². The summed E-state index contributed by atoms with van der Waals surface area (Å²) in [7, 11) is 0. The molecule has 34 heavy (non-hydrogen) atoms. The van der Waals surface area contributed by atoms with Crippen LogP contribution in [0.4, 0.5) is 5.13 Å². The van der Waals surface area contributed by atoms with Gasteiger partial charge in [0.25, 0.3) is 0 Å². The average Bonchev–Trinajstić information content (AvgIpc) is 3.44. The molecule has 1 unspecified atom stereocenters. The van der Waals surface area contributed by atoms with E-state index in [9.17, 15) is 9.59 Å². The van der Waals surface area contributed by atoms with Crippen molar-refractivity contribution in [3.8, 4) is 5.75 Å². The Morgan fingerprint density at radius 2 is 1.94 bits per heavy atom. The van der Waals surface area contributed by atoms with Crippen molar-refractivity contribution in [2.45, 2.75) is 58.3 Å². The molecule has 3 rings (SSSR count). The first-order valence-corrected chi connectivity index (χ1v) is 13.0. The summed E-state index contributed by atoms with van der Waals surface area (Å²) in [5.41, 5.74) is 1.82. The molecule has 1 aromatic carbocycles. The summed E-state index contributed by atoms with van der Waals surface area (Å²) >= 11 is 2.57. The molecule has 11 heteroatoms. The molecule has 3 aromatic rings. The number of esters is 1. The Bertz CT molecular complexity index is 1100. The summed E-state index contributed by atoms with van der Waals surface area (Å²) < 4.78 is 12.9. The van der Waals surface area contributed by atoms with Crippen LogP contribution in [0, 0.1) is 0 Å². The van der Waals surface area contributed by atoms with Crippen molar-refractivity contribution in [3.63, 3.8) is 0 Å². The van der Waals surface area contributed by atoms with Gasteiger partial charge in [-0.25, -0.2) is 4.98 Å². The third-order valence-corrected chi connectivity index (χ3v) is 6.60. The van der Waals surface area contributed by atoms with Gasteiger partial charge in [0, 0.05) is 11.9 Å². The SMILES string of the molecule is CCOC(=O)Cc1csc(NC(=O)CSc2nnc(C(C)Oc3ccc(CC)cc3)n2CC)n1. The number of amides is 1. The highest BCUT2D eigenvalue weighted by Crippen LogP contribution is 2.25. The number of thiazole rings is 1. The molecular formula is C23H29N5O4S2. The number of aromatic nitrogens is 4. The molecule has 0 saturated heterocycles. The number of carbonyl (C=O) groups excluding carboxylic acids is 2. The first-order valence-electron chi connectivity index (χ1n) is 11.1. The van der Waals surface area contributed by atoms with E-state index in [-0.39, 0.29) is 30.2 Å². The topological polar surface area (TPSA) is 108 Å². The van der Waals surface area contributed by atoms with E-state index in [1.165, 1.54) is 28.7 Å². The zero-order valence-electron chi connectivity index (χ0n) is 19.7. The summed E-state index contributed by atoms with van der Waals surface area (Å²) in [5, 5.41) is 14.1. The average molecular weight is 504 g/mol. The number of carbonyl (C=O) groups is 2. The summed E-state index contributed by atoms with van der Waals surface area (Å²) in [5.74, 6) is 1.07. The Balaban J connectivity index is 1.55. The van der Waals surface area contributed by atoms with Crippen molar-refractivity contribution in [2.24, 2.45) is 0 Å². The molecule has 0 bridgehead atoms. The van der Waals surface area contributed by atoms with E-state index in [1.807, 2.05) is 30.5 Å². The van der Waals surface area contributed by atoms with Crippen molar-refractivity contribution < 1.29 is 19.1 Å². The molecule has 0 fully saturated rings. The highest BCUT2D eigenvalue weighted by atomic mass is 32.2. The Morgan fingerprint density at radius 1 is 1.18 bits per heavy atom. The lowest BCUT2D eigenvalue weighted by Crippen LogP contribution is -2.15. The van der Waals surface area contributed by atoms with Crippen LogP contribution in [0.3, 0.4) is 0 Å². The van der Waals surface area contributed by atoms with Crippen molar-refractivity contribution in [3.05, 3.63) is 46.7 Å². The van der Waals surface area contributed by atoms with Crippen LogP contribution in [0.5, 0.6) is 5.75 Å². The van der Waals surface area contributed by atoms with E-state index in [4.69, 9.17) is 9.47 Å². The first-order chi connectivity index (χ1) is 16.4. The van der Waals surface area contributed by atoms with Gasteiger partial charge in [-0.3, -0.25) is 9.59 Å². The summed E-state index contributed by atoms with van der Waals surface area (Å²) in [4.78, 5) is 28.2. The molecular weight excluding hydrogens is 474 g/mol. The van der Waals surface area contributed by atoms with Crippen molar-refractivity contribution in [2.75, 3.05) is 17.7 Å². The molecule has 1 amide bonds. The highest BCUT2D eigenvalue weighted by Gasteiger charge is 2.20. The largest absolute Gasteiger partial charge is 0.483 e. The third kappa shape index (κ3) is 7.04. The molecule has 0 aliphatic rings. The maximum Gasteiger partial charge on any atom is 0.311 e. The monoisotopic (exact) mass is 503 g/mol. The fourth-order valence-corrected chi connectivity index (χ4v) is 4.69. The number of ether oxygens (including phenoxy) is 2. The maximum absolute atomic E-state index is 12.4. The molecule has 2 aromatic heterocycles. The lowest BCUT2D eigenvalue weighted by molar-refractivity contribution is -0.142. The lowest BCUT2D eigenvalue weighted by Gasteiger charge is -2.15. The van der Waals surface area contributed by atoms with Crippen molar-refractivity contribution in [1.29, 1.82) is 0 Å². The molecule has 9 nitrogen and oxygen atoms in total. The molecule has 0 radical (unpaired) electrons. The number of benzene rings is 1. The van der Waals surface area contributed by atoms with Gasteiger partial charge in [-0.05, 0) is 44.9 Å². The van der Waals surface area contributed by atoms with Crippen LogP contribution in [-0.4, -0.2) is 44.0 Å². The van der Waals surface area contributed by atoms with Crippen LogP contribution in [-0.2, 0) is 33.7 Å². The van der Waals surface area contributed by atoms with E-state index in [1.54, 1.807) is 12.3 Å². The zero-order valence-corrected chi connectivity index (χ0v) is 21.4. The number of nitrogens with zero attached hydrogens (tertiary/aromatic N) is 4. The van der Waals surface area contributed by atoms with E-state index in [0.29, 0.717) is 35.0 Å². The Labute approximate surface area is 207 Å². The molecule has 0 aliphatic heterocycles. The molecule has 2 heterocycles. The molecule has 1 N–H and O–H groups in total. The van der Waals surface area contributed by atoms with Crippen LogP contribution in [0.15, 0.2) is 34.8 Å². The minimum absolute atomic E-state index is 0.0837. The number of rotatable bonds is 12. The highest BCUT2D eigenvalue weighted by molar-refractivity contribution is 7.99. The number of anilines is 1. The van der Waals surface area contributed by atoms with E-state index in [0.717, 1.165) is 12.2 Å². The second-order valence-corrected chi connectivity index (χ2v) is 9.11. The van der Waals surface area contributed by atoms with Gasteiger partial charge >= 0.3 is 5.97 Å². The van der Waals surface area contributed by atoms with E-state index < -0.39 is 0 Å². The van der Waals surface area contributed by atoms with Crippen LogP contribution in [0.25, 0.3) is 0 Å². The molecule has 1 atom stereocenters. The van der Waals surface area contributed by atoms with Crippen molar-refractivity contribution >= 4 is 40.1 Å². The predicted molar refractivity (Wildman–Crippen MR) is 132 cm³/mol. The molecule has 0 spiro atoms. The Kier molecular flexibility index (Phi) is 9.46. The van der Waals surface area contributed by atoms with Gasteiger partial charge in [0.1, 0.15) is 5.75 Å². The van der Waals surface area contributed by atoms with Crippen LogP contribution in [0.2, 0.25) is 0 Å². The van der Waals surface area contributed by atoms with Crippen LogP contribution in [0.1, 0.15) is 50.9 Å². The van der Waals surface area contributed by atoms with Crippen LogP contribution < -0.4 is 10.1 Å². The third-order valence-electron chi connectivity index (χ3n) is 4.83. The lowest BCUT2D eigenvalue weighted by atomic mass is 10.2. The zero-order chi connectivity index (χ0) is 24.5. The first kappa shape index (κ1) is 25.7. The Morgan fingerprint density at radius 3 is 2.62 bits per heavy atom. The van der Waals surface area contributed by atoms with Gasteiger partial charge in [0.2, 0.25) is 5.91 Å². The van der Waals surface area contributed by atoms with Gasteiger partial charge < -0.3 is 19.4 Å². The molecule has 0 saturated carbocycles. The molecule has 182 valence electrons. The van der Waals surface area contributed by atoms with Gasteiger partial charge in [-0.2, -0.15) is 0 Å². The van der Waals surface area contributed by atoms with Gasteiger partial charge in [-0.1, -0.05) is 30.8 Å². The second-order valence-electron chi connectivity index (χ2n) is 7.31.